The maximum Gasteiger partial charge on any atom is 0.136 e. The molecule has 2 nitrogen and oxygen atoms in total. The molecule has 2 heteroatoms. The van der Waals surface area contributed by atoms with Gasteiger partial charge >= 0.3 is 0 Å². The zero-order chi connectivity index (χ0) is 7.78. The summed E-state index contributed by atoms with van der Waals surface area (Å²) in [6, 6.07) is 0.358. The molecule has 0 aromatic carbocycles. The van der Waals surface area contributed by atoms with E-state index < -0.39 is 0 Å². The van der Waals surface area contributed by atoms with E-state index in [0.717, 1.165) is 0 Å². The lowest BCUT2D eigenvalue weighted by atomic mass is 9.89. The number of rotatable bonds is 0. The molecule has 0 amide bonds. The number of carbonyl (C=O) groups excluding carboxylic acids is 1. The second kappa shape index (κ2) is 2.35. The van der Waals surface area contributed by atoms with E-state index in [1.54, 1.807) is 0 Å². The van der Waals surface area contributed by atoms with Gasteiger partial charge in [0.05, 0.1) is 0 Å². The normalized spacial score (nSPS) is 32.3. The molecular formula is C8H15NO. The fourth-order valence-electron chi connectivity index (χ4n) is 1.68. The standard InChI is InChI=1S/C8H15NO/c1-6-4-7(10)5-8(2,3)9-6/h6,9H,4-5H2,1-3H3/t6-/m0/s1. The third-order valence-corrected chi connectivity index (χ3v) is 1.81. The van der Waals surface area contributed by atoms with Crippen LogP contribution in [0.15, 0.2) is 0 Å². The van der Waals surface area contributed by atoms with Gasteiger partial charge in [0.25, 0.3) is 0 Å². The van der Waals surface area contributed by atoms with Crippen molar-refractivity contribution in [2.24, 2.45) is 0 Å². The predicted octanol–water partition coefficient (Wildman–Crippen LogP) is 1.11. The van der Waals surface area contributed by atoms with Crippen LogP contribution in [0.2, 0.25) is 0 Å². The molecule has 1 aliphatic rings. The van der Waals surface area contributed by atoms with Gasteiger partial charge < -0.3 is 5.32 Å². The summed E-state index contributed by atoms with van der Waals surface area (Å²) >= 11 is 0. The van der Waals surface area contributed by atoms with Gasteiger partial charge in [-0.05, 0) is 20.8 Å². The fraction of sp³-hybridized carbons (Fsp3) is 0.875. The van der Waals surface area contributed by atoms with Crippen LogP contribution in [-0.2, 0) is 4.79 Å². The minimum Gasteiger partial charge on any atom is -0.308 e. The zero-order valence-corrected chi connectivity index (χ0v) is 6.90. The number of carbonyl (C=O) groups is 1. The van der Waals surface area contributed by atoms with E-state index in [9.17, 15) is 4.79 Å². The number of ketones is 1. The van der Waals surface area contributed by atoms with Crippen LogP contribution in [0.4, 0.5) is 0 Å². The van der Waals surface area contributed by atoms with E-state index in [1.807, 2.05) is 0 Å². The van der Waals surface area contributed by atoms with Gasteiger partial charge in [-0.3, -0.25) is 4.79 Å². The Morgan fingerprint density at radius 1 is 1.60 bits per heavy atom. The van der Waals surface area contributed by atoms with Crippen LogP contribution >= 0.6 is 0 Å². The molecule has 1 N–H and O–H groups in total. The van der Waals surface area contributed by atoms with Crippen LogP contribution in [0.25, 0.3) is 0 Å². The summed E-state index contributed by atoms with van der Waals surface area (Å²) in [6.07, 6.45) is 1.38. The zero-order valence-electron chi connectivity index (χ0n) is 6.90. The monoisotopic (exact) mass is 141 g/mol. The van der Waals surface area contributed by atoms with Gasteiger partial charge in [-0.25, -0.2) is 0 Å². The average Bonchev–Trinajstić information content (AvgIpc) is 1.54. The maximum atomic E-state index is 11.0. The highest BCUT2D eigenvalue weighted by atomic mass is 16.1. The first kappa shape index (κ1) is 7.73. The van der Waals surface area contributed by atoms with Crippen LogP contribution < -0.4 is 5.32 Å². The molecule has 0 aromatic rings. The summed E-state index contributed by atoms with van der Waals surface area (Å²) in [7, 11) is 0. The Morgan fingerprint density at radius 2 is 2.20 bits per heavy atom. The van der Waals surface area contributed by atoms with Crippen molar-refractivity contribution in [3.63, 3.8) is 0 Å². The molecular weight excluding hydrogens is 126 g/mol. The Morgan fingerprint density at radius 3 is 2.60 bits per heavy atom. The Balaban J connectivity index is 2.59. The van der Waals surface area contributed by atoms with E-state index in [4.69, 9.17) is 0 Å². The lowest BCUT2D eigenvalue weighted by molar-refractivity contribution is -0.122. The second-order valence-corrected chi connectivity index (χ2v) is 3.85. The molecule has 0 aromatic heterocycles. The van der Waals surface area contributed by atoms with Gasteiger partial charge in [0.2, 0.25) is 0 Å². The summed E-state index contributed by atoms with van der Waals surface area (Å²) in [5.74, 6) is 0.385. The average molecular weight is 141 g/mol. The van der Waals surface area contributed by atoms with Crippen LogP contribution in [0.3, 0.4) is 0 Å². The van der Waals surface area contributed by atoms with Gasteiger partial charge in [0.1, 0.15) is 5.78 Å². The molecule has 1 atom stereocenters. The second-order valence-electron chi connectivity index (χ2n) is 3.85. The Hall–Kier alpha value is -0.370. The molecule has 1 fully saturated rings. The first-order chi connectivity index (χ1) is 4.49. The Bertz CT molecular complexity index is 151. The number of piperidine rings is 1. The van der Waals surface area contributed by atoms with E-state index in [1.165, 1.54) is 0 Å². The lowest BCUT2D eigenvalue weighted by Gasteiger charge is -2.34. The molecule has 0 radical (unpaired) electrons. The van der Waals surface area contributed by atoms with Gasteiger partial charge in [0.15, 0.2) is 0 Å². The third kappa shape index (κ3) is 1.81. The minimum atomic E-state index is 0.0226. The molecule has 1 aliphatic heterocycles. The summed E-state index contributed by atoms with van der Waals surface area (Å²) in [4.78, 5) is 11.0. The van der Waals surface area contributed by atoms with Gasteiger partial charge in [0, 0.05) is 24.4 Å². The molecule has 1 heterocycles. The Kier molecular flexibility index (Phi) is 1.82. The van der Waals surface area contributed by atoms with Gasteiger partial charge in [-0.2, -0.15) is 0 Å². The largest absolute Gasteiger partial charge is 0.308 e. The van der Waals surface area contributed by atoms with Crippen molar-refractivity contribution in [3.8, 4) is 0 Å². The smallest absolute Gasteiger partial charge is 0.136 e. The molecule has 0 bridgehead atoms. The quantitative estimate of drug-likeness (QED) is 0.547. The van der Waals surface area contributed by atoms with Crippen LogP contribution in [0.5, 0.6) is 0 Å². The van der Waals surface area contributed by atoms with Crippen LogP contribution in [0, 0.1) is 0 Å². The van der Waals surface area contributed by atoms with E-state index in [-0.39, 0.29) is 5.54 Å². The molecule has 10 heavy (non-hydrogen) atoms. The molecule has 58 valence electrons. The number of hydrogen-bond acceptors (Lipinski definition) is 2. The molecule has 0 unspecified atom stereocenters. The highest BCUT2D eigenvalue weighted by Crippen LogP contribution is 2.17. The molecule has 1 rings (SSSR count). The van der Waals surface area contributed by atoms with Crippen molar-refractivity contribution in [3.05, 3.63) is 0 Å². The molecule has 0 aliphatic carbocycles. The van der Waals surface area contributed by atoms with Crippen molar-refractivity contribution >= 4 is 5.78 Å². The fourth-order valence-corrected chi connectivity index (χ4v) is 1.68. The van der Waals surface area contributed by atoms with Crippen LogP contribution in [0.1, 0.15) is 33.6 Å². The van der Waals surface area contributed by atoms with Crippen molar-refractivity contribution < 1.29 is 4.79 Å². The van der Waals surface area contributed by atoms with Crippen molar-refractivity contribution in [1.29, 1.82) is 0 Å². The maximum absolute atomic E-state index is 11.0. The summed E-state index contributed by atoms with van der Waals surface area (Å²) in [5, 5.41) is 3.37. The first-order valence-electron chi connectivity index (χ1n) is 3.79. The van der Waals surface area contributed by atoms with Crippen molar-refractivity contribution in [2.75, 3.05) is 0 Å². The highest BCUT2D eigenvalue weighted by molar-refractivity contribution is 5.81. The molecule has 0 saturated carbocycles. The predicted molar refractivity (Wildman–Crippen MR) is 40.9 cm³/mol. The van der Waals surface area contributed by atoms with Crippen molar-refractivity contribution in [2.45, 2.75) is 45.2 Å². The summed E-state index contributed by atoms with van der Waals surface area (Å²) in [6.45, 7) is 6.19. The molecule has 0 spiro atoms. The summed E-state index contributed by atoms with van der Waals surface area (Å²) in [5.41, 5.74) is 0.0226. The SMILES string of the molecule is C[C@H]1CC(=O)CC(C)(C)N1. The molecule has 1 saturated heterocycles. The van der Waals surface area contributed by atoms with Crippen LogP contribution in [-0.4, -0.2) is 17.4 Å². The van der Waals surface area contributed by atoms with E-state index >= 15 is 0 Å². The van der Waals surface area contributed by atoms with E-state index in [0.29, 0.717) is 24.7 Å². The highest BCUT2D eigenvalue weighted by Gasteiger charge is 2.29. The first-order valence-corrected chi connectivity index (χ1v) is 3.79. The number of nitrogens with one attached hydrogen (secondary N) is 1. The number of Topliss-reactive ketones (excluding diaryl/α,β-unsaturated/α-hetero) is 1. The van der Waals surface area contributed by atoms with Crippen molar-refractivity contribution in [1.82, 2.24) is 5.32 Å². The number of hydrogen-bond donors (Lipinski definition) is 1. The Labute approximate surface area is 62.0 Å². The lowest BCUT2D eigenvalue weighted by Crippen LogP contribution is -2.51. The topological polar surface area (TPSA) is 29.1 Å². The summed E-state index contributed by atoms with van der Waals surface area (Å²) < 4.78 is 0. The van der Waals surface area contributed by atoms with Gasteiger partial charge in [-0.1, -0.05) is 0 Å². The van der Waals surface area contributed by atoms with E-state index in [2.05, 4.69) is 26.1 Å². The van der Waals surface area contributed by atoms with Gasteiger partial charge in [-0.15, -0.1) is 0 Å². The minimum absolute atomic E-state index is 0.0226. The third-order valence-electron chi connectivity index (χ3n) is 1.81.